The Balaban J connectivity index is 2.63. The Morgan fingerprint density at radius 1 is 1.25 bits per heavy atom. The summed E-state index contributed by atoms with van der Waals surface area (Å²) in [6.07, 6.45) is 1.38. The van der Waals surface area contributed by atoms with Crippen LogP contribution < -0.4 is 11.3 Å². The second kappa shape index (κ2) is 4.15. The molecule has 0 aliphatic carbocycles. The zero-order valence-corrected chi connectivity index (χ0v) is 9.53. The van der Waals surface area contributed by atoms with Crippen molar-refractivity contribution in [2.24, 2.45) is 0 Å². The first-order valence-corrected chi connectivity index (χ1v) is 5.14. The van der Waals surface area contributed by atoms with E-state index in [1.807, 2.05) is 0 Å². The first kappa shape index (κ1) is 11.0. The van der Waals surface area contributed by atoms with E-state index >= 15 is 0 Å². The molecule has 0 unspecified atom stereocenters. The van der Waals surface area contributed by atoms with Crippen LogP contribution in [0.1, 0.15) is 0 Å². The molecule has 0 saturated heterocycles. The third-order valence-corrected chi connectivity index (χ3v) is 2.50. The maximum Gasteiger partial charge on any atom is 0.273 e. The number of hydrogen-bond acceptors (Lipinski definition) is 3. The van der Waals surface area contributed by atoms with Crippen molar-refractivity contribution in [2.45, 2.75) is 0 Å². The molecule has 0 amide bonds. The highest BCUT2D eigenvalue weighted by atomic mass is 35.5. The fraction of sp³-hybridized carbons (Fsp3) is 0. The third-order valence-electron chi connectivity index (χ3n) is 1.96. The largest absolute Gasteiger partial charge is 0.397 e. The van der Waals surface area contributed by atoms with Crippen LogP contribution >= 0.6 is 23.2 Å². The van der Waals surface area contributed by atoms with Crippen molar-refractivity contribution >= 4 is 28.9 Å². The van der Waals surface area contributed by atoms with Crippen LogP contribution in [-0.2, 0) is 0 Å². The van der Waals surface area contributed by atoms with Gasteiger partial charge in [0.2, 0.25) is 0 Å². The summed E-state index contributed by atoms with van der Waals surface area (Å²) in [5.74, 6) is 0. The number of aromatic nitrogens is 2. The Morgan fingerprint density at radius 2 is 2.00 bits per heavy atom. The van der Waals surface area contributed by atoms with Crippen LogP contribution in [0.5, 0.6) is 0 Å². The predicted molar refractivity (Wildman–Crippen MR) is 64.3 cm³/mol. The van der Waals surface area contributed by atoms with Crippen LogP contribution in [0.25, 0.3) is 5.69 Å². The maximum atomic E-state index is 11.6. The third kappa shape index (κ3) is 2.03. The number of nitrogens with two attached hydrogens (primary N) is 1. The van der Waals surface area contributed by atoms with Gasteiger partial charge < -0.3 is 5.73 Å². The highest BCUT2D eigenvalue weighted by Crippen LogP contribution is 2.22. The van der Waals surface area contributed by atoms with Crippen LogP contribution in [-0.4, -0.2) is 9.78 Å². The molecule has 82 valence electrons. The zero-order chi connectivity index (χ0) is 11.7. The molecule has 0 aliphatic rings. The summed E-state index contributed by atoms with van der Waals surface area (Å²) in [5.41, 5.74) is 5.87. The van der Waals surface area contributed by atoms with Crippen LogP contribution in [0.4, 0.5) is 5.69 Å². The van der Waals surface area contributed by atoms with Gasteiger partial charge in [-0.3, -0.25) is 4.79 Å². The second-order valence-corrected chi connectivity index (χ2v) is 3.98. The average molecular weight is 256 g/mol. The number of benzene rings is 1. The van der Waals surface area contributed by atoms with Crippen LogP contribution in [0.2, 0.25) is 10.0 Å². The molecule has 0 atom stereocenters. The zero-order valence-electron chi connectivity index (χ0n) is 8.02. The lowest BCUT2D eigenvalue weighted by molar-refractivity contribution is 0.809. The second-order valence-electron chi connectivity index (χ2n) is 3.13. The Kier molecular flexibility index (Phi) is 2.85. The van der Waals surface area contributed by atoms with E-state index in [9.17, 15) is 4.79 Å². The number of anilines is 1. The lowest BCUT2D eigenvalue weighted by Crippen LogP contribution is -2.20. The highest BCUT2D eigenvalue weighted by molar-refractivity contribution is 6.35. The molecule has 0 radical (unpaired) electrons. The number of halogens is 2. The van der Waals surface area contributed by atoms with E-state index in [0.717, 1.165) is 4.68 Å². The monoisotopic (exact) mass is 255 g/mol. The molecule has 2 N–H and O–H groups in total. The van der Waals surface area contributed by atoms with E-state index in [1.54, 1.807) is 18.2 Å². The fourth-order valence-corrected chi connectivity index (χ4v) is 1.74. The quantitative estimate of drug-likeness (QED) is 0.850. The SMILES string of the molecule is Nc1cnn(-c2ccc(Cl)cc2Cl)c(=O)c1. The van der Waals surface area contributed by atoms with E-state index in [0.29, 0.717) is 21.4 Å². The van der Waals surface area contributed by atoms with Crippen molar-refractivity contribution < 1.29 is 0 Å². The summed E-state index contributed by atoms with van der Waals surface area (Å²) < 4.78 is 1.16. The van der Waals surface area contributed by atoms with Gasteiger partial charge >= 0.3 is 0 Å². The fourth-order valence-electron chi connectivity index (χ4n) is 1.26. The molecule has 0 spiro atoms. The van der Waals surface area contributed by atoms with Crippen molar-refractivity contribution in [3.05, 3.63) is 50.9 Å². The molecule has 2 aromatic rings. The van der Waals surface area contributed by atoms with Crippen LogP contribution in [0.3, 0.4) is 0 Å². The number of rotatable bonds is 1. The van der Waals surface area contributed by atoms with E-state index < -0.39 is 0 Å². The molecule has 16 heavy (non-hydrogen) atoms. The molecule has 0 aliphatic heterocycles. The number of hydrogen-bond donors (Lipinski definition) is 1. The van der Waals surface area contributed by atoms with Gasteiger partial charge in [-0.05, 0) is 18.2 Å². The highest BCUT2D eigenvalue weighted by Gasteiger charge is 2.06. The smallest absolute Gasteiger partial charge is 0.273 e. The van der Waals surface area contributed by atoms with Gasteiger partial charge in [0.1, 0.15) is 0 Å². The van der Waals surface area contributed by atoms with Crippen molar-refractivity contribution in [3.63, 3.8) is 0 Å². The van der Waals surface area contributed by atoms with E-state index in [2.05, 4.69) is 5.10 Å². The minimum Gasteiger partial charge on any atom is -0.397 e. The molecule has 0 fully saturated rings. The maximum absolute atomic E-state index is 11.6. The lowest BCUT2D eigenvalue weighted by atomic mass is 10.3. The van der Waals surface area contributed by atoms with E-state index in [-0.39, 0.29) is 5.56 Å². The van der Waals surface area contributed by atoms with Crippen molar-refractivity contribution in [1.29, 1.82) is 0 Å². The van der Waals surface area contributed by atoms with Crippen LogP contribution in [0.15, 0.2) is 35.3 Å². The Morgan fingerprint density at radius 3 is 2.62 bits per heavy atom. The van der Waals surface area contributed by atoms with Crippen molar-refractivity contribution in [1.82, 2.24) is 9.78 Å². The van der Waals surface area contributed by atoms with Gasteiger partial charge in [-0.25, -0.2) is 0 Å². The summed E-state index contributed by atoms with van der Waals surface area (Å²) >= 11 is 11.7. The van der Waals surface area contributed by atoms with E-state index in [1.165, 1.54) is 12.3 Å². The van der Waals surface area contributed by atoms with Crippen molar-refractivity contribution in [3.8, 4) is 5.69 Å². The minimum atomic E-state index is -0.343. The molecule has 6 heteroatoms. The molecule has 1 aromatic carbocycles. The van der Waals surface area contributed by atoms with Gasteiger partial charge in [0, 0.05) is 11.1 Å². The van der Waals surface area contributed by atoms with Gasteiger partial charge in [-0.1, -0.05) is 23.2 Å². The van der Waals surface area contributed by atoms with Gasteiger partial charge in [0.15, 0.2) is 0 Å². The van der Waals surface area contributed by atoms with Crippen molar-refractivity contribution in [2.75, 3.05) is 5.73 Å². The lowest BCUT2D eigenvalue weighted by Gasteiger charge is -2.06. The van der Waals surface area contributed by atoms with Gasteiger partial charge in [-0.2, -0.15) is 9.78 Å². The van der Waals surface area contributed by atoms with E-state index in [4.69, 9.17) is 28.9 Å². The molecule has 0 bridgehead atoms. The molecule has 2 rings (SSSR count). The molecule has 4 nitrogen and oxygen atoms in total. The van der Waals surface area contributed by atoms with Gasteiger partial charge in [0.25, 0.3) is 5.56 Å². The average Bonchev–Trinajstić information content (AvgIpc) is 2.19. The van der Waals surface area contributed by atoms with Gasteiger partial charge in [-0.15, -0.1) is 0 Å². The number of nitrogen functional groups attached to an aromatic ring is 1. The molecular formula is C10H7Cl2N3O. The Bertz CT molecular complexity index is 595. The standard InChI is InChI=1S/C10H7Cl2N3O/c11-6-1-2-9(8(12)3-6)15-10(16)4-7(13)5-14-15/h1-5H,13H2. The Hall–Kier alpha value is -1.52. The summed E-state index contributed by atoms with van der Waals surface area (Å²) in [6, 6.07) is 6.07. The predicted octanol–water partition coefficient (Wildman–Crippen LogP) is 2.12. The molecular weight excluding hydrogens is 249 g/mol. The number of nitrogens with zero attached hydrogens (tertiary/aromatic N) is 2. The topological polar surface area (TPSA) is 60.9 Å². The summed E-state index contributed by atoms with van der Waals surface area (Å²) in [4.78, 5) is 11.6. The summed E-state index contributed by atoms with van der Waals surface area (Å²) in [5, 5.41) is 4.74. The van der Waals surface area contributed by atoms with Gasteiger partial charge in [0.05, 0.1) is 22.6 Å². The first-order chi connectivity index (χ1) is 7.58. The minimum absolute atomic E-state index is 0.311. The summed E-state index contributed by atoms with van der Waals surface area (Å²) in [7, 11) is 0. The molecule has 0 saturated carbocycles. The molecule has 1 aromatic heterocycles. The normalized spacial score (nSPS) is 10.4. The molecule has 1 heterocycles. The Labute approximate surface area is 101 Å². The first-order valence-electron chi connectivity index (χ1n) is 4.38. The van der Waals surface area contributed by atoms with Crippen LogP contribution in [0, 0.1) is 0 Å². The summed E-state index contributed by atoms with van der Waals surface area (Å²) in [6.45, 7) is 0.